The van der Waals surface area contributed by atoms with Crippen LogP contribution in [0.4, 0.5) is 8.78 Å². The van der Waals surface area contributed by atoms with Gasteiger partial charge < -0.3 is 14.6 Å². The van der Waals surface area contributed by atoms with Gasteiger partial charge in [-0.05, 0) is 54.8 Å². The van der Waals surface area contributed by atoms with E-state index in [-0.39, 0.29) is 25.1 Å². The van der Waals surface area contributed by atoms with Crippen LogP contribution in [-0.4, -0.2) is 49.0 Å². The molecule has 154 valence electrons. The highest BCUT2D eigenvalue weighted by Gasteiger charge is 2.24. The van der Waals surface area contributed by atoms with Crippen LogP contribution in [0.25, 0.3) is 0 Å². The Hall–Kier alpha value is -1.73. The van der Waals surface area contributed by atoms with Crippen LogP contribution in [0.1, 0.15) is 22.8 Å². The number of hydrogen-bond donors (Lipinski definition) is 1. The van der Waals surface area contributed by atoms with E-state index in [0.717, 1.165) is 17.4 Å². The minimum Gasteiger partial charge on any atom is -0.491 e. The minimum absolute atomic E-state index is 0. The Morgan fingerprint density at radius 1 is 1.14 bits per heavy atom. The summed E-state index contributed by atoms with van der Waals surface area (Å²) in [4.78, 5) is 2.05. The Morgan fingerprint density at radius 2 is 1.93 bits per heavy atom. The largest absolute Gasteiger partial charge is 0.491 e. The number of aliphatic hydroxyl groups is 1. The first-order valence-corrected chi connectivity index (χ1v) is 9.09. The Kier molecular flexibility index (Phi) is 8.19. The molecule has 0 bridgehead atoms. The second-order valence-corrected chi connectivity index (χ2v) is 7.00. The summed E-state index contributed by atoms with van der Waals surface area (Å²) in [6, 6.07) is 9.65. The van der Waals surface area contributed by atoms with Crippen molar-refractivity contribution in [2.75, 3.05) is 32.8 Å². The number of ether oxygens (including phenoxy) is 2. The lowest BCUT2D eigenvalue weighted by Gasteiger charge is -2.34. The number of aryl methyl sites for hydroxylation is 2. The predicted octanol–water partition coefficient (Wildman–Crippen LogP) is 3.82. The summed E-state index contributed by atoms with van der Waals surface area (Å²) >= 11 is 0. The molecular weight excluding hydrogens is 388 g/mol. The summed E-state index contributed by atoms with van der Waals surface area (Å²) in [5.74, 6) is -1.01. The third-order valence-electron chi connectivity index (χ3n) is 4.86. The SMILES string of the molecule is Cc1ccc(OCC(O)CN2CCOC(c3ccc(F)c(F)c3)C2)cc1C.Cl. The van der Waals surface area contributed by atoms with Gasteiger partial charge in [-0.2, -0.15) is 0 Å². The zero-order valence-corrected chi connectivity index (χ0v) is 16.8. The zero-order valence-electron chi connectivity index (χ0n) is 16.0. The normalized spacial score (nSPS) is 18.4. The molecule has 0 radical (unpaired) electrons. The molecule has 0 aromatic heterocycles. The third kappa shape index (κ3) is 5.88. The first kappa shape index (κ1) is 22.6. The molecule has 4 nitrogen and oxygen atoms in total. The van der Waals surface area contributed by atoms with Crippen molar-refractivity contribution in [2.24, 2.45) is 0 Å². The molecule has 28 heavy (non-hydrogen) atoms. The quantitative estimate of drug-likeness (QED) is 0.781. The molecule has 1 N–H and O–H groups in total. The molecule has 1 aliphatic rings. The molecule has 1 fully saturated rings. The third-order valence-corrected chi connectivity index (χ3v) is 4.86. The lowest BCUT2D eigenvalue weighted by atomic mass is 10.1. The smallest absolute Gasteiger partial charge is 0.159 e. The second kappa shape index (κ2) is 10.2. The van der Waals surface area contributed by atoms with Crippen molar-refractivity contribution in [1.29, 1.82) is 0 Å². The maximum atomic E-state index is 13.5. The van der Waals surface area contributed by atoms with Crippen LogP contribution in [0.15, 0.2) is 36.4 Å². The topological polar surface area (TPSA) is 41.9 Å². The van der Waals surface area contributed by atoms with Gasteiger partial charge in [0.05, 0.1) is 12.7 Å². The molecule has 2 aromatic rings. The maximum Gasteiger partial charge on any atom is 0.159 e. The number of halogens is 3. The van der Waals surface area contributed by atoms with Gasteiger partial charge in [0, 0.05) is 19.6 Å². The van der Waals surface area contributed by atoms with Gasteiger partial charge in [-0.25, -0.2) is 8.78 Å². The van der Waals surface area contributed by atoms with Crippen LogP contribution >= 0.6 is 12.4 Å². The zero-order chi connectivity index (χ0) is 19.4. The molecule has 0 aliphatic carbocycles. The Labute approximate surface area is 170 Å². The van der Waals surface area contributed by atoms with E-state index in [1.54, 1.807) is 0 Å². The van der Waals surface area contributed by atoms with Crippen molar-refractivity contribution >= 4 is 12.4 Å². The molecule has 0 spiro atoms. The lowest BCUT2D eigenvalue weighted by Crippen LogP contribution is -2.43. The standard InChI is InChI=1S/C21H25F2NO3.ClH/c1-14-3-5-18(9-15(14)2)27-13-17(25)11-24-7-8-26-21(12-24)16-4-6-19(22)20(23)10-16;/h3-6,9-10,17,21,25H,7-8,11-13H2,1-2H3;1H. The second-order valence-electron chi connectivity index (χ2n) is 7.00. The van der Waals surface area contributed by atoms with Crippen LogP contribution in [0.5, 0.6) is 5.75 Å². The van der Waals surface area contributed by atoms with Gasteiger partial charge >= 0.3 is 0 Å². The van der Waals surface area contributed by atoms with Crippen LogP contribution < -0.4 is 4.74 Å². The molecule has 2 atom stereocenters. The molecule has 7 heteroatoms. The van der Waals surface area contributed by atoms with Crippen LogP contribution in [0.3, 0.4) is 0 Å². The van der Waals surface area contributed by atoms with Gasteiger partial charge in [0.25, 0.3) is 0 Å². The first-order chi connectivity index (χ1) is 12.9. The number of β-amino-alcohol motifs (C(OH)–C–C–N with tert-alkyl or cyclic N) is 1. The van der Waals surface area contributed by atoms with Crippen molar-refractivity contribution < 1.29 is 23.4 Å². The number of aliphatic hydroxyl groups excluding tert-OH is 1. The summed E-state index contributed by atoms with van der Waals surface area (Å²) < 4.78 is 37.9. The Bertz CT molecular complexity index is 790. The van der Waals surface area contributed by atoms with Crippen molar-refractivity contribution in [2.45, 2.75) is 26.1 Å². The molecule has 1 aliphatic heterocycles. The molecule has 0 amide bonds. The fourth-order valence-corrected chi connectivity index (χ4v) is 3.13. The summed E-state index contributed by atoms with van der Waals surface area (Å²) in [6.07, 6.45) is -1.00. The Balaban J connectivity index is 0.00000280. The number of rotatable bonds is 6. The lowest BCUT2D eigenvalue weighted by molar-refractivity contribution is -0.0460. The van der Waals surface area contributed by atoms with E-state index in [2.05, 4.69) is 0 Å². The summed E-state index contributed by atoms with van der Waals surface area (Å²) in [5.41, 5.74) is 2.93. The number of nitrogens with zero attached hydrogens (tertiary/aromatic N) is 1. The summed E-state index contributed by atoms with van der Waals surface area (Å²) in [7, 11) is 0. The number of hydrogen-bond acceptors (Lipinski definition) is 4. The van der Waals surface area contributed by atoms with E-state index in [4.69, 9.17) is 9.47 Å². The average Bonchev–Trinajstić information content (AvgIpc) is 2.65. The van der Waals surface area contributed by atoms with E-state index in [1.165, 1.54) is 17.7 Å². The molecule has 2 aromatic carbocycles. The molecule has 0 saturated carbocycles. The molecule has 2 unspecified atom stereocenters. The van der Waals surface area contributed by atoms with E-state index in [1.807, 2.05) is 36.9 Å². The van der Waals surface area contributed by atoms with Gasteiger partial charge in [0.2, 0.25) is 0 Å². The number of benzene rings is 2. The summed E-state index contributed by atoms with van der Waals surface area (Å²) in [6.45, 7) is 6.31. The van der Waals surface area contributed by atoms with Crippen LogP contribution in [0.2, 0.25) is 0 Å². The van der Waals surface area contributed by atoms with Crippen LogP contribution in [0, 0.1) is 25.5 Å². The highest BCUT2D eigenvalue weighted by Crippen LogP contribution is 2.24. The van der Waals surface area contributed by atoms with Crippen molar-refractivity contribution in [3.05, 3.63) is 64.7 Å². The molecule has 1 saturated heterocycles. The highest BCUT2D eigenvalue weighted by molar-refractivity contribution is 5.85. The minimum atomic E-state index is -0.880. The van der Waals surface area contributed by atoms with Gasteiger partial charge in [0.15, 0.2) is 11.6 Å². The molecular formula is C21H26ClF2NO3. The fraction of sp³-hybridized carbons (Fsp3) is 0.429. The van der Waals surface area contributed by atoms with Crippen molar-refractivity contribution in [1.82, 2.24) is 4.90 Å². The Morgan fingerprint density at radius 3 is 2.64 bits per heavy atom. The van der Waals surface area contributed by atoms with E-state index in [9.17, 15) is 13.9 Å². The average molecular weight is 414 g/mol. The van der Waals surface area contributed by atoms with Crippen molar-refractivity contribution in [3.63, 3.8) is 0 Å². The van der Waals surface area contributed by atoms with Gasteiger partial charge in [0.1, 0.15) is 18.5 Å². The van der Waals surface area contributed by atoms with Crippen LogP contribution in [-0.2, 0) is 4.74 Å². The fourth-order valence-electron chi connectivity index (χ4n) is 3.13. The molecule has 1 heterocycles. The van der Waals surface area contributed by atoms with Gasteiger partial charge in [-0.1, -0.05) is 12.1 Å². The van der Waals surface area contributed by atoms with E-state index < -0.39 is 17.7 Å². The number of morpholine rings is 1. The summed E-state index contributed by atoms with van der Waals surface area (Å²) in [5, 5.41) is 10.3. The predicted molar refractivity (Wildman–Crippen MR) is 106 cm³/mol. The van der Waals surface area contributed by atoms with E-state index in [0.29, 0.717) is 31.8 Å². The van der Waals surface area contributed by atoms with Gasteiger partial charge in [-0.3, -0.25) is 4.90 Å². The highest BCUT2D eigenvalue weighted by atomic mass is 35.5. The molecule has 3 rings (SSSR count). The van der Waals surface area contributed by atoms with Crippen molar-refractivity contribution in [3.8, 4) is 5.75 Å². The van der Waals surface area contributed by atoms with Gasteiger partial charge in [-0.15, -0.1) is 12.4 Å². The monoisotopic (exact) mass is 413 g/mol. The maximum absolute atomic E-state index is 13.5. The van der Waals surface area contributed by atoms with E-state index >= 15 is 0 Å². The first-order valence-electron chi connectivity index (χ1n) is 9.09.